The van der Waals surface area contributed by atoms with Gasteiger partial charge in [0.2, 0.25) is 5.91 Å². The molecule has 0 saturated heterocycles. The molecule has 0 radical (unpaired) electrons. The highest BCUT2D eigenvalue weighted by atomic mass is 16.3. The minimum Gasteiger partial charge on any atom is -0.507 e. The highest BCUT2D eigenvalue weighted by Gasteiger charge is 2.30. The lowest BCUT2D eigenvalue weighted by atomic mass is 10.1. The van der Waals surface area contributed by atoms with Gasteiger partial charge in [0.05, 0.1) is 11.4 Å². The lowest BCUT2D eigenvalue weighted by molar-refractivity contribution is -0.118. The van der Waals surface area contributed by atoms with Gasteiger partial charge in [0, 0.05) is 29.6 Å². The predicted octanol–water partition coefficient (Wildman–Crippen LogP) is 4.53. The molecule has 3 N–H and O–H groups in total. The van der Waals surface area contributed by atoms with Crippen LogP contribution in [0.2, 0.25) is 0 Å². The number of aromatic nitrogens is 2. The van der Waals surface area contributed by atoms with E-state index in [1.54, 1.807) is 12.1 Å². The highest BCUT2D eigenvalue weighted by molar-refractivity contribution is 5.93. The molecule has 1 aromatic heterocycles. The zero-order valence-electron chi connectivity index (χ0n) is 18.3. The molecule has 2 aromatic carbocycles. The Hall–Kier alpha value is -3.61. The Kier molecular flexibility index (Phi) is 6.25. The first-order valence-corrected chi connectivity index (χ1v) is 11.0. The molecule has 0 aliphatic heterocycles. The van der Waals surface area contributed by atoms with Crippen molar-refractivity contribution in [3.05, 3.63) is 65.9 Å². The van der Waals surface area contributed by atoms with Crippen molar-refractivity contribution < 1.29 is 14.7 Å². The van der Waals surface area contributed by atoms with Crippen molar-refractivity contribution in [1.29, 1.82) is 0 Å². The van der Waals surface area contributed by atoms with Gasteiger partial charge in [0.1, 0.15) is 5.75 Å². The van der Waals surface area contributed by atoms with E-state index in [2.05, 4.69) is 15.7 Å². The first kappa shape index (κ1) is 21.6. The number of amides is 2. The van der Waals surface area contributed by atoms with Crippen LogP contribution in [0.5, 0.6) is 5.75 Å². The van der Waals surface area contributed by atoms with Gasteiger partial charge in [-0.3, -0.25) is 4.79 Å². The normalized spacial score (nSPS) is 13.2. The number of carbonyl (C=O) groups is 2. The number of phenolic OH excluding ortho intramolecular Hbond substituents is 1. The van der Waals surface area contributed by atoms with E-state index >= 15 is 0 Å². The van der Waals surface area contributed by atoms with E-state index in [9.17, 15) is 14.7 Å². The molecule has 1 aliphatic carbocycles. The summed E-state index contributed by atoms with van der Waals surface area (Å²) >= 11 is 0. The summed E-state index contributed by atoms with van der Waals surface area (Å²) in [6.45, 7) is 4.14. The second-order valence-electron chi connectivity index (χ2n) is 8.48. The van der Waals surface area contributed by atoms with Crippen molar-refractivity contribution in [2.45, 2.75) is 39.0 Å². The fourth-order valence-electron chi connectivity index (χ4n) is 3.50. The van der Waals surface area contributed by atoms with Crippen LogP contribution in [0, 0.1) is 5.92 Å². The molecule has 0 spiro atoms. The van der Waals surface area contributed by atoms with Crippen LogP contribution in [0.15, 0.2) is 54.6 Å². The Labute approximate surface area is 187 Å². The van der Waals surface area contributed by atoms with E-state index < -0.39 is 0 Å². The molecular formula is C25H28N4O3. The molecule has 4 rings (SSSR count). The second-order valence-corrected chi connectivity index (χ2v) is 8.48. The molecule has 1 aliphatic rings. The largest absolute Gasteiger partial charge is 0.507 e. The SMILES string of the molecule is CC(C)C(=O)Nc1ccc(O)c(-c2cc(C3CC3)n(C(=O)NCCc3ccccc3)n2)c1. The van der Waals surface area contributed by atoms with Crippen LogP contribution in [0.1, 0.15) is 43.9 Å². The lowest BCUT2D eigenvalue weighted by Gasteiger charge is -2.10. The van der Waals surface area contributed by atoms with Gasteiger partial charge >= 0.3 is 6.03 Å². The molecule has 0 atom stereocenters. The number of aromatic hydroxyl groups is 1. The summed E-state index contributed by atoms with van der Waals surface area (Å²) in [6, 6.07) is 16.4. The molecule has 32 heavy (non-hydrogen) atoms. The quantitative estimate of drug-likeness (QED) is 0.478. The number of anilines is 1. The summed E-state index contributed by atoms with van der Waals surface area (Å²) in [5.41, 5.74) is 3.55. The molecule has 0 unspecified atom stereocenters. The number of phenols is 1. The van der Waals surface area contributed by atoms with Crippen LogP contribution < -0.4 is 10.6 Å². The average Bonchev–Trinajstić information content (AvgIpc) is 3.54. The van der Waals surface area contributed by atoms with Crippen LogP contribution in [0.25, 0.3) is 11.3 Å². The summed E-state index contributed by atoms with van der Waals surface area (Å²) in [5, 5.41) is 20.7. The van der Waals surface area contributed by atoms with Gasteiger partial charge in [0.25, 0.3) is 0 Å². The number of nitrogens with one attached hydrogen (secondary N) is 2. The fraction of sp³-hybridized carbons (Fsp3) is 0.320. The second kappa shape index (κ2) is 9.26. The Bertz CT molecular complexity index is 1120. The van der Waals surface area contributed by atoms with Crippen molar-refractivity contribution >= 4 is 17.6 Å². The van der Waals surface area contributed by atoms with Crippen molar-refractivity contribution in [3.63, 3.8) is 0 Å². The summed E-state index contributed by atoms with van der Waals surface area (Å²) in [6.07, 6.45) is 2.76. The van der Waals surface area contributed by atoms with E-state index in [-0.39, 0.29) is 23.6 Å². The Morgan fingerprint density at radius 1 is 1.12 bits per heavy atom. The van der Waals surface area contributed by atoms with Gasteiger partial charge < -0.3 is 15.7 Å². The van der Waals surface area contributed by atoms with Gasteiger partial charge in [0.15, 0.2) is 0 Å². The summed E-state index contributed by atoms with van der Waals surface area (Å²) < 4.78 is 1.41. The summed E-state index contributed by atoms with van der Waals surface area (Å²) in [4.78, 5) is 24.9. The smallest absolute Gasteiger partial charge is 0.342 e. The van der Waals surface area contributed by atoms with Crippen LogP contribution in [0.4, 0.5) is 10.5 Å². The number of nitrogens with zero attached hydrogens (tertiary/aromatic N) is 2. The Morgan fingerprint density at radius 2 is 1.88 bits per heavy atom. The average molecular weight is 433 g/mol. The van der Waals surface area contributed by atoms with E-state index in [1.165, 1.54) is 10.7 Å². The maximum Gasteiger partial charge on any atom is 0.342 e. The lowest BCUT2D eigenvalue weighted by Crippen LogP contribution is -2.32. The highest BCUT2D eigenvalue weighted by Crippen LogP contribution is 2.42. The number of carbonyl (C=O) groups excluding carboxylic acids is 2. The summed E-state index contributed by atoms with van der Waals surface area (Å²) in [7, 11) is 0. The van der Waals surface area contributed by atoms with Crippen molar-refractivity contribution in [2.75, 3.05) is 11.9 Å². The standard InChI is InChI=1S/C25H28N4O3/c1-16(2)24(31)27-19-10-11-23(30)20(14-19)21-15-22(18-8-9-18)29(28-21)25(32)26-13-12-17-6-4-3-5-7-17/h3-7,10-11,14-16,18,30H,8-9,12-13H2,1-2H3,(H,26,32)(H,27,31). The fourth-order valence-corrected chi connectivity index (χ4v) is 3.50. The van der Waals surface area contributed by atoms with E-state index in [0.717, 1.165) is 30.5 Å². The number of rotatable bonds is 7. The molecule has 2 amide bonds. The molecule has 7 heteroatoms. The minimum absolute atomic E-state index is 0.0454. The van der Waals surface area contributed by atoms with Gasteiger partial charge in [-0.05, 0) is 49.1 Å². The van der Waals surface area contributed by atoms with Gasteiger partial charge in [-0.2, -0.15) is 9.78 Å². The van der Waals surface area contributed by atoms with E-state index in [1.807, 2.05) is 50.2 Å². The van der Waals surface area contributed by atoms with Crippen LogP contribution in [-0.2, 0) is 11.2 Å². The van der Waals surface area contributed by atoms with E-state index in [0.29, 0.717) is 29.4 Å². The van der Waals surface area contributed by atoms with Gasteiger partial charge in [-0.25, -0.2) is 4.79 Å². The third-order valence-electron chi connectivity index (χ3n) is 5.52. The van der Waals surface area contributed by atoms with Crippen molar-refractivity contribution in [1.82, 2.24) is 15.1 Å². The van der Waals surface area contributed by atoms with Crippen LogP contribution in [-0.4, -0.2) is 33.4 Å². The minimum atomic E-state index is -0.280. The zero-order valence-corrected chi connectivity index (χ0v) is 18.3. The van der Waals surface area contributed by atoms with Crippen LogP contribution >= 0.6 is 0 Å². The molecule has 166 valence electrons. The third-order valence-corrected chi connectivity index (χ3v) is 5.52. The Morgan fingerprint density at radius 3 is 2.56 bits per heavy atom. The van der Waals surface area contributed by atoms with Gasteiger partial charge in [-0.1, -0.05) is 44.2 Å². The molecule has 1 heterocycles. The molecule has 7 nitrogen and oxygen atoms in total. The molecule has 1 fully saturated rings. The molecule has 3 aromatic rings. The number of benzene rings is 2. The summed E-state index contributed by atoms with van der Waals surface area (Å²) in [5.74, 6) is 0.0715. The first-order valence-electron chi connectivity index (χ1n) is 11.0. The number of hydrogen-bond donors (Lipinski definition) is 3. The maximum atomic E-state index is 12.9. The maximum absolute atomic E-state index is 12.9. The topological polar surface area (TPSA) is 96.2 Å². The third kappa shape index (κ3) is 4.99. The van der Waals surface area contributed by atoms with Crippen LogP contribution in [0.3, 0.4) is 0 Å². The van der Waals surface area contributed by atoms with Gasteiger partial charge in [-0.15, -0.1) is 0 Å². The predicted molar refractivity (Wildman–Crippen MR) is 124 cm³/mol. The monoisotopic (exact) mass is 432 g/mol. The Balaban J connectivity index is 1.54. The molecular weight excluding hydrogens is 404 g/mol. The molecule has 1 saturated carbocycles. The zero-order chi connectivity index (χ0) is 22.7. The number of hydrogen-bond acceptors (Lipinski definition) is 4. The molecule has 0 bridgehead atoms. The van der Waals surface area contributed by atoms with E-state index in [4.69, 9.17) is 0 Å². The first-order chi connectivity index (χ1) is 15.4. The van der Waals surface area contributed by atoms with Crippen molar-refractivity contribution in [3.8, 4) is 17.0 Å². The van der Waals surface area contributed by atoms with Crippen molar-refractivity contribution in [2.24, 2.45) is 5.92 Å².